The van der Waals surface area contributed by atoms with Gasteiger partial charge in [-0.15, -0.1) is 0 Å². The van der Waals surface area contributed by atoms with Crippen LogP contribution in [0.1, 0.15) is 51.0 Å². The number of carbonyl (C=O) groups is 2. The van der Waals surface area contributed by atoms with Crippen molar-refractivity contribution in [2.75, 3.05) is 7.11 Å². The normalized spacial score (nSPS) is 21.6. The molecule has 1 N–H and O–H groups in total. The highest BCUT2D eigenvalue weighted by Crippen LogP contribution is 2.42. The van der Waals surface area contributed by atoms with Crippen molar-refractivity contribution in [1.82, 2.24) is 0 Å². The van der Waals surface area contributed by atoms with Crippen molar-refractivity contribution in [3.8, 4) is 5.75 Å². The number of fused-ring (bicyclic) bond motifs is 2. The zero-order valence-corrected chi connectivity index (χ0v) is 16.1. The number of ether oxygens (including phenoxy) is 2. The standard InChI is InChI=1S/C21H25NO6/c1-3-17(22-26-2)21-16(12-15-7-8-18(21)27-15)13-5-4-6-14(11-13)28-20(25)10-9-19(23)24/h4-6,11,15,18H,3,7-10,12H2,1-2H3,(H,23,24)/t15?,18-/m0/s1. The second-order valence-electron chi connectivity index (χ2n) is 6.89. The van der Waals surface area contributed by atoms with Crippen LogP contribution in [0.25, 0.3) is 5.57 Å². The summed E-state index contributed by atoms with van der Waals surface area (Å²) in [7, 11) is 1.54. The van der Waals surface area contributed by atoms with Gasteiger partial charge in [0.25, 0.3) is 0 Å². The van der Waals surface area contributed by atoms with E-state index in [0.717, 1.165) is 48.1 Å². The average Bonchev–Trinajstić information content (AvgIpc) is 3.06. The van der Waals surface area contributed by atoms with Crippen LogP contribution in [0.15, 0.2) is 35.0 Å². The Morgan fingerprint density at radius 3 is 2.82 bits per heavy atom. The predicted molar refractivity (Wildman–Crippen MR) is 103 cm³/mol. The average molecular weight is 387 g/mol. The highest BCUT2D eigenvalue weighted by molar-refractivity contribution is 6.07. The van der Waals surface area contributed by atoms with Gasteiger partial charge in [-0.2, -0.15) is 0 Å². The van der Waals surface area contributed by atoms with Gasteiger partial charge in [0, 0.05) is 5.57 Å². The zero-order valence-electron chi connectivity index (χ0n) is 16.1. The fourth-order valence-electron chi connectivity index (χ4n) is 3.79. The van der Waals surface area contributed by atoms with E-state index in [-0.39, 0.29) is 25.0 Å². The van der Waals surface area contributed by atoms with Gasteiger partial charge in [-0.1, -0.05) is 24.2 Å². The number of esters is 1. The van der Waals surface area contributed by atoms with Crippen molar-refractivity contribution in [3.05, 3.63) is 35.4 Å². The Balaban J connectivity index is 1.90. The van der Waals surface area contributed by atoms with Gasteiger partial charge in [0.1, 0.15) is 12.9 Å². The van der Waals surface area contributed by atoms with E-state index in [1.54, 1.807) is 6.07 Å². The Hall–Kier alpha value is -2.67. The first-order valence-corrected chi connectivity index (χ1v) is 9.53. The van der Waals surface area contributed by atoms with Crippen molar-refractivity contribution in [3.63, 3.8) is 0 Å². The van der Waals surface area contributed by atoms with Gasteiger partial charge in [-0.3, -0.25) is 9.59 Å². The summed E-state index contributed by atoms with van der Waals surface area (Å²) in [5.41, 5.74) is 4.02. The quantitative estimate of drug-likeness (QED) is 0.317. The largest absolute Gasteiger partial charge is 0.481 e. The highest BCUT2D eigenvalue weighted by atomic mass is 16.6. The molecule has 150 valence electrons. The molecule has 1 saturated heterocycles. The molecule has 2 heterocycles. The van der Waals surface area contributed by atoms with Crippen molar-refractivity contribution >= 4 is 23.2 Å². The van der Waals surface area contributed by atoms with Gasteiger partial charge in [0.2, 0.25) is 0 Å². The van der Waals surface area contributed by atoms with Crippen LogP contribution in [0.4, 0.5) is 0 Å². The van der Waals surface area contributed by atoms with Crippen LogP contribution in [0, 0.1) is 0 Å². The zero-order chi connectivity index (χ0) is 20.1. The molecule has 7 nitrogen and oxygen atoms in total. The number of oxime groups is 1. The minimum Gasteiger partial charge on any atom is -0.481 e. The second kappa shape index (κ2) is 9.01. The fraction of sp³-hybridized carbons (Fsp3) is 0.476. The molecular weight excluding hydrogens is 362 g/mol. The first-order valence-electron chi connectivity index (χ1n) is 9.53. The summed E-state index contributed by atoms with van der Waals surface area (Å²) in [6, 6.07) is 7.32. The second-order valence-corrected chi connectivity index (χ2v) is 6.89. The van der Waals surface area contributed by atoms with E-state index in [9.17, 15) is 9.59 Å². The van der Waals surface area contributed by atoms with Crippen molar-refractivity contribution in [1.29, 1.82) is 0 Å². The van der Waals surface area contributed by atoms with E-state index in [0.29, 0.717) is 5.75 Å². The summed E-state index contributed by atoms with van der Waals surface area (Å²) >= 11 is 0. The van der Waals surface area contributed by atoms with Crippen molar-refractivity contribution in [2.45, 2.75) is 57.7 Å². The maximum Gasteiger partial charge on any atom is 0.311 e. The number of rotatable bonds is 8. The lowest BCUT2D eigenvalue weighted by Crippen LogP contribution is -2.26. The summed E-state index contributed by atoms with van der Waals surface area (Å²) in [5, 5.41) is 12.9. The molecule has 0 amide bonds. The molecule has 1 unspecified atom stereocenters. The molecular formula is C21H25NO6. The Bertz CT molecular complexity index is 813. The third-order valence-corrected chi connectivity index (χ3v) is 4.99. The summed E-state index contributed by atoms with van der Waals surface area (Å²) in [6.45, 7) is 2.03. The summed E-state index contributed by atoms with van der Waals surface area (Å²) in [5.74, 6) is -1.18. The molecule has 0 radical (unpaired) electrons. The number of hydrogen-bond acceptors (Lipinski definition) is 6. The number of carboxylic acids is 1. The van der Waals surface area contributed by atoms with Gasteiger partial charge < -0.3 is 19.4 Å². The van der Waals surface area contributed by atoms with Crippen LogP contribution in [0.3, 0.4) is 0 Å². The number of aliphatic carboxylic acids is 1. The monoisotopic (exact) mass is 387 g/mol. The van der Waals surface area contributed by atoms with Crippen LogP contribution < -0.4 is 4.74 Å². The lowest BCUT2D eigenvalue weighted by molar-refractivity contribution is -0.142. The Kier molecular flexibility index (Phi) is 6.46. The van der Waals surface area contributed by atoms with E-state index in [1.165, 1.54) is 7.11 Å². The summed E-state index contributed by atoms with van der Waals surface area (Å²) in [6.07, 6.45) is 3.23. The minimum atomic E-state index is -1.03. The molecule has 0 spiro atoms. The predicted octanol–water partition coefficient (Wildman–Crippen LogP) is 3.57. The van der Waals surface area contributed by atoms with Gasteiger partial charge in [0.15, 0.2) is 0 Å². The molecule has 28 heavy (non-hydrogen) atoms. The van der Waals surface area contributed by atoms with Gasteiger partial charge in [-0.05, 0) is 49.0 Å². The Morgan fingerprint density at radius 1 is 1.29 bits per heavy atom. The first kappa shape index (κ1) is 20.1. The molecule has 0 aliphatic carbocycles. The first-order chi connectivity index (χ1) is 13.5. The molecule has 1 aromatic rings. The molecule has 2 aliphatic heterocycles. The van der Waals surface area contributed by atoms with Crippen LogP contribution in [-0.4, -0.2) is 42.1 Å². The molecule has 3 rings (SSSR count). The van der Waals surface area contributed by atoms with E-state index in [4.69, 9.17) is 19.4 Å². The number of hydrogen-bond donors (Lipinski definition) is 1. The smallest absolute Gasteiger partial charge is 0.311 e. The van der Waals surface area contributed by atoms with E-state index in [2.05, 4.69) is 5.16 Å². The minimum absolute atomic E-state index is 0.00405. The molecule has 0 saturated carbocycles. The van der Waals surface area contributed by atoms with Crippen LogP contribution in [0.5, 0.6) is 5.75 Å². The number of carbonyl (C=O) groups excluding carboxylic acids is 1. The lowest BCUT2D eigenvalue weighted by atomic mass is 9.88. The summed E-state index contributed by atoms with van der Waals surface area (Å²) < 4.78 is 11.4. The Morgan fingerprint density at radius 2 is 2.11 bits per heavy atom. The maximum atomic E-state index is 11.9. The van der Waals surface area contributed by atoms with Gasteiger partial charge >= 0.3 is 11.9 Å². The molecule has 7 heteroatoms. The van der Waals surface area contributed by atoms with Gasteiger partial charge in [-0.25, -0.2) is 0 Å². The van der Waals surface area contributed by atoms with E-state index < -0.39 is 11.9 Å². The number of benzene rings is 1. The molecule has 2 aliphatic rings. The third-order valence-electron chi connectivity index (χ3n) is 4.99. The molecule has 0 aromatic heterocycles. The van der Waals surface area contributed by atoms with E-state index >= 15 is 0 Å². The number of carboxylic acid groups (broad SMARTS) is 1. The van der Waals surface area contributed by atoms with Crippen LogP contribution >= 0.6 is 0 Å². The number of nitrogens with zero attached hydrogens (tertiary/aromatic N) is 1. The molecule has 2 bridgehead atoms. The fourth-order valence-corrected chi connectivity index (χ4v) is 3.79. The molecule has 2 atom stereocenters. The van der Waals surface area contributed by atoms with Crippen LogP contribution in [0.2, 0.25) is 0 Å². The van der Waals surface area contributed by atoms with Crippen LogP contribution in [-0.2, 0) is 19.2 Å². The summed E-state index contributed by atoms with van der Waals surface area (Å²) in [4.78, 5) is 27.5. The lowest BCUT2D eigenvalue weighted by Gasteiger charge is -2.28. The SMILES string of the molecule is CCC(=NOC)C1=C(c2cccc(OC(=O)CCC(=O)O)c2)CC2CC[C@@H]1O2. The van der Waals surface area contributed by atoms with Crippen molar-refractivity contribution in [2.24, 2.45) is 5.16 Å². The van der Waals surface area contributed by atoms with E-state index in [1.807, 2.05) is 25.1 Å². The van der Waals surface area contributed by atoms with Gasteiger partial charge in [0.05, 0.1) is 30.8 Å². The topological polar surface area (TPSA) is 94.4 Å². The molecule has 1 fully saturated rings. The Labute approximate surface area is 164 Å². The third kappa shape index (κ3) is 4.59. The maximum absolute atomic E-state index is 11.9. The molecule has 1 aromatic carbocycles. The van der Waals surface area contributed by atoms with Crippen molar-refractivity contribution < 1.29 is 29.0 Å². The highest BCUT2D eigenvalue weighted by Gasteiger charge is 2.37.